The molecule has 0 aromatic carbocycles. The van der Waals surface area contributed by atoms with Crippen molar-refractivity contribution in [1.29, 1.82) is 0 Å². The maximum absolute atomic E-state index is 6.01. The second-order valence-corrected chi connectivity index (χ2v) is 6.65. The van der Waals surface area contributed by atoms with E-state index < -0.39 is 0 Å². The Morgan fingerprint density at radius 2 is 2.10 bits per heavy atom. The Bertz CT molecular complexity index is 377. The van der Waals surface area contributed by atoms with Crippen LogP contribution in [0.2, 0.25) is 0 Å². The molecule has 4 rings (SSSR count). The van der Waals surface area contributed by atoms with Gasteiger partial charge in [0.15, 0.2) is 0 Å². The van der Waals surface area contributed by atoms with Crippen LogP contribution in [0.25, 0.3) is 0 Å². The number of rotatable bonds is 3. The van der Waals surface area contributed by atoms with Crippen LogP contribution in [0.3, 0.4) is 0 Å². The summed E-state index contributed by atoms with van der Waals surface area (Å²) >= 11 is 0. The van der Waals surface area contributed by atoms with Gasteiger partial charge in [-0.25, -0.2) is 0 Å². The van der Waals surface area contributed by atoms with E-state index in [2.05, 4.69) is 15.5 Å². The minimum absolute atomic E-state index is 0.423. The number of nitrogens with one attached hydrogen (secondary N) is 2. The average molecular weight is 277 g/mol. The molecule has 20 heavy (non-hydrogen) atoms. The summed E-state index contributed by atoms with van der Waals surface area (Å²) in [6.07, 6.45) is 8.06. The third-order valence-corrected chi connectivity index (χ3v) is 5.44. The summed E-state index contributed by atoms with van der Waals surface area (Å²) in [6.45, 7) is 5.71. The van der Waals surface area contributed by atoms with Gasteiger partial charge in [0.05, 0.1) is 6.10 Å². The monoisotopic (exact) mass is 277 g/mol. The topological polar surface area (TPSA) is 36.5 Å². The molecule has 4 heteroatoms. The highest BCUT2D eigenvalue weighted by molar-refractivity contribution is 5.29. The lowest BCUT2D eigenvalue weighted by Crippen LogP contribution is -2.41. The summed E-state index contributed by atoms with van der Waals surface area (Å²) in [5, 5.41) is 7.26. The molecule has 0 aromatic heterocycles. The van der Waals surface area contributed by atoms with Gasteiger partial charge in [-0.15, -0.1) is 0 Å². The van der Waals surface area contributed by atoms with E-state index >= 15 is 0 Å². The molecule has 0 saturated carbocycles. The number of hydrogen-bond donors (Lipinski definition) is 2. The van der Waals surface area contributed by atoms with E-state index in [1.165, 1.54) is 58.2 Å². The summed E-state index contributed by atoms with van der Waals surface area (Å²) in [4.78, 5) is 2.72. The highest BCUT2D eigenvalue weighted by Gasteiger charge is 2.38. The quantitative estimate of drug-likeness (QED) is 0.814. The van der Waals surface area contributed by atoms with Gasteiger partial charge in [0.2, 0.25) is 0 Å². The fourth-order valence-corrected chi connectivity index (χ4v) is 4.48. The Balaban J connectivity index is 1.62. The van der Waals surface area contributed by atoms with Crippen LogP contribution in [0.5, 0.6) is 0 Å². The smallest absolute Gasteiger partial charge is 0.0806 e. The maximum Gasteiger partial charge on any atom is 0.0806 e. The minimum Gasteiger partial charge on any atom is -0.374 e. The van der Waals surface area contributed by atoms with Gasteiger partial charge >= 0.3 is 0 Å². The third-order valence-electron chi connectivity index (χ3n) is 5.44. The van der Waals surface area contributed by atoms with Crippen LogP contribution in [-0.4, -0.2) is 55.9 Å². The van der Waals surface area contributed by atoms with Gasteiger partial charge in [0.1, 0.15) is 0 Å². The standard InChI is InChI=1S/C16H27N3O/c1-3-14(18-7-1)16-13(15-4-2-10-20-15)6-9-19(16)12-5-8-17-11-12/h12,14-15,17-18H,1-11H2. The van der Waals surface area contributed by atoms with Crippen molar-refractivity contribution < 1.29 is 4.74 Å². The van der Waals surface area contributed by atoms with Gasteiger partial charge in [0, 0.05) is 37.5 Å². The molecule has 0 aromatic rings. The molecule has 112 valence electrons. The number of hydrogen-bond acceptors (Lipinski definition) is 4. The fourth-order valence-electron chi connectivity index (χ4n) is 4.48. The minimum atomic E-state index is 0.423. The van der Waals surface area contributed by atoms with Crippen molar-refractivity contribution in [1.82, 2.24) is 15.5 Å². The van der Waals surface area contributed by atoms with E-state index in [0.29, 0.717) is 18.2 Å². The Labute approximate surface area is 121 Å². The zero-order chi connectivity index (χ0) is 13.4. The van der Waals surface area contributed by atoms with E-state index in [-0.39, 0.29) is 0 Å². The largest absolute Gasteiger partial charge is 0.374 e. The lowest BCUT2D eigenvalue weighted by atomic mass is 9.99. The first-order valence-corrected chi connectivity index (χ1v) is 8.49. The first-order chi connectivity index (χ1) is 9.93. The van der Waals surface area contributed by atoms with Gasteiger partial charge in [-0.05, 0) is 57.2 Å². The van der Waals surface area contributed by atoms with Crippen LogP contribution in [0.1, 0.15) is 38.5 Å². The van der Waals surface area contributed by atoms with Crippen molar-refractivity contribution in [2.24, 2.45) is 0 Å². The molecule has 0 bridgehead atoms. The Morgan fingerprint density at radius 1 is 1.10 bits per heavy atom. The van der Waals surface area contributed by atoms with Crippen LogP contribution in [0.4, 0.5) is 0 Å². The van der Waals surface area contributed by atoms with Crippen LogP contribution >= 0.6 is 0 Å². The van der Waals surface area contributed by atoms with Crippen molar-refractivity contribution in [2.75, 3.05) is 32.8 Å². The Hall–Kier alpha value is -0.580. The normalized spacial score (nSPS) is 38.4. The Morgan fingerprint density at radius 3 is 2.80 bits per heavy atom. The molecule has 3 atom stereocenters. The predicted molar refractivity (Wildman–Crippen MR) is 79.6 cm³/mol. The van der Waals surface area contributed by atoms with Crippen molar-refractivity contribution >= 4 is 0 Å². The highest BCUT2D eigenvalue weighted by atomic mass is 16.5. The van der Waals surface area contributed by atoms with Crippen molar-refractivity contribution in [3.05, 3.63) is 11.3 Å². The molecule has 0 amide bonds. The van der Waals surface area contributed by atoms with E-state index in [9.17, 15) is 0 Å². The number of nitrogens with zero attached hydrogens (tertiary/aromatic N) is 1. The first kappa shape index (κ1) is 13.1. The summed E-state index contributed by atoms with van der Waals surface area (Å²) in [7, 11) is 0. The molecule has 4 aliphatic heterocycles. The van der Waals surface area contributed by atoms with Gasteiger partial charge in [-0.3, -0.25) is 0 Å². The molecule has 2 N–H and O–H groups in total. The zero-order valence-corrected chi connectivity index (χ0v) is 12.4. The molecule has 0 radical (unpaired) electrons. The van der Waals surface area contributed by atoms with Gasteiger partial charge < -0.3 is 20.3 Å². The van der Waals surface area contributed by atoms with Crippen LogP contribution in [-0.2, 0) is 4.74 Å². The molecular formula is C16H27N3O. The van der Waals surface area contributed by atoms with Gasteiger partial charge in [-0.2, -0.15) is 0 Å². The van der Waals surface area contributed by atoms with E-state index in [4.69, 9.17) is 4.74 Å². The van der Waals surface area contributed by atoms with E-state index in [0.717, 1.165) is 13.2 Å². The molecule has 3 unspecified atom stereocenters. The Kier molecular flexibility index (Phi) is 3.71. The maximum atomic E-state index is 6.01. The second kappa shape index (κ2) is 5.66. The lowest BCUT2D eigenvalue weighted by Gasteiger charge is -2.32. The van der Waals surface area contributed by atoms with Crippen molar-refractivity contribution in [3.63, 3.8) is 0 Å². The molecule has 0 spiro atoms. The summed E-state index contributed by atoms with van der Waals surface area (Å²) in [5.74, 6) is 0. The first-order valence-electron chi connectivity index (χ1n) is 8.49. The van der Waals surface area contributed by atoms with E-state index in [1.54, 1.807) is 11.3 Å². The SMILES string of the molecule is C1CNC(C2=C(C3CCCO3)CCN2C2CCNC2)C1. The lowest BCUT2D eigenvalue weighted by molar-refractivity contribution is 0.134. The summed E-state index contributed by atoms with van der Waals surface area (Å²) in [5.41, 5.74) is 3.26. The van der Waals surface area contributed by atoms with Crippen LogP contribution in [0, 0.1) is 0 Å². The fraction of sp³-hybridized carbons (Fsp3) is 0.875. The second-order valence-electron chi connectivity index (χ2n) is 6.65. The van der Waals surface area contributed by atoms with Gasteiger partial charge in [-0.1, -0.05) is 0 Å². The summed E-state index contributed by atoms with van der Waals surface area (Å²) in [6, 6.07) is 1.31. The van der Waals surface area contributed by atoms with Crippen molar-refractivity contribution in [2.45, 2.75) is 56.7 Å². The molecule has 3 fully saturated rings. The molecule has 0 aliphatic carbocycles. The summed E-state index contributed by atoms with van der Waals surface area (Å²) < 4.78 is 6.01. The van der Waals surface area contributed by atoms with E-state index in [1.807, 2.05) is 0 Å². The molecular weight excluding hydrogens is 250 g/mol. The molecule has 4 aliphatic rings. The number of ether oxygens (including phenoxy) is 1. The van der Waals surface area contributed by atoms with Crippen molar-refractivity contribution in [3.8, 4) is 0 Å². The molecule has 4 nitrogen and oxygen atoms in total. The zero-order valence-electron chi connectivity index (χ0n) is 12.4. The highest BCUT2D eigenvalue weighted by Crippen LogP contribution is 2.37. The predicted octanol–water partition coefficient (Wildman–Crippen LogP) is 1.24. The van der Waals surface area contributed by atoms with Crippen LogP contribution in [0.15, 0.2) is 11.3 Å². The van der Waals surface area contributed by atoms with Crippen LogP contribution < -0.4 is 10.6 Å². The molecule has 3 saturated heterocycles. The molecule has 4 heterocycles. The van der Waals surface area contributed by atoms with Gasteiger partial charge in [0.25, 0.3) is 0 Å². The third kappa shape index (κ3) is 2.28. The average Bonchev–Trinajstić information content (AvgIpc) is 3.23.